The van der Waals surface area contributed by atoms with E-state index in [1.54, 1.807) is 17.4 Å². The topological polar surface area (TPSA) is 72.6 Å². The van der Waals surface area contributed by atoms with Crippen LogP contribution >= 0.6 is 11.3 Å². The first kappa shape index (κ1) is 13.5. The summed E-state index contributed by atoms with van der Waals surface area (Å²) in [5, 5.41) is 23.9. The number of ether oxygens (including phenoxy) is 1. The predicted molar refractivity (Wildman–Crippen MR) is 72.5 cm³/mol. The first-order valence-electron chi connectivity index (χ1n) is 5.73. The van der Waals surface area contributed by atoms with Gasteiger partial charge in [-0.3, -0.25) is 10.1 Å². The zero-order valence-electron chi connectivity index (χ0n) is 10.1. The van der Waals surface area contributed by atoms with Crippen LogP contribution in [0.5, 0.6) is 5.75 Å². The first-order chi connectivity index (χ1) is 9.20. The maximum absolute atomic E-state index is 10.9. The van der Waals surface area contributed by atoms with E-state index < -0.39 is 4.92 Å². The molecule has 0 aliphatic heterocycles. The first-order valence-corrected chi connectivity index (χ1v) is 6.67. The molecule has 0 amide bonds. The molecule has 0 bridgehead atoms. The predicted octanol–water partition coefficient (Wildman–Crippen LogP) is 2.77. The maximum atomic E-state index is 10.9. The van der Waals surface area contributed by atoms with Crippen molar-refractivity contribution in [2.45, 2.75) is 13.0 Å². The van der Waals surface area contributed by atoms with Crippen molar-refractivity contribution in [2.75, 3.05) is 6.61 Å². The van der Waals surface area contributed by atoms with Gasteiger partial charge in [0.15, 0.2) is 5.75 Å². The van der Waals surface area contributed by atoms with Gasteiger partial charge in [0.25, 0.3) is 0 Å². The highest BCUT2D eigenvalue weighted by Gasteiger charge is 2.15. The number of hydrogen-bond donors (Lipinski definition) is 1. The Kier molecular flexibility index (Phi) is 4.48. The van der Waals surface area contributed by atoms with Crippen LogP contribution in [0.15, 0.2) is 35.0 Å². The minimum Gasteiger partial charge on any atom is -0.486 e. The summed E-state index contributed by atoms with van der Waals surface area (Å²) in [6.45, 7) is 0.159. The summed E-state index contributed by atoms with van der Waals surface area (Å²) in [7, 11) is 0. The summed E-state index contributed by atoms with van der Waals surface area (Å²) in [5.41, 5.74) is 1.54. The molecule has 0 aliphatic rings. The van der Waals surface area contributed by atoms with Crippen molar-refractivity contribution in [3.8, 4) is 5.75 Å². The number of nitro benzene ring substituents is 1. The maximum Gasteiger partial charge on any atom is 0.311 e. The molecule has 0 saturated heterocycles. The fourth-order valence-electron chi connectivity index (χ4n) is 1.64. The number of rotatable bonds is 6. The monoisotopic (exact) mass is 279 g/mol. The van der Waals surface area contributed by atoms with Crippen LogP contribution in [0.1, 0.15) is 11.1 Å². The Bertz CT molecular complexity index is 554. The number of benzene rings is 1. The van der Waals surface area contributed by atoms with Gasteiger partial charge in [-0.1, -0.05) is 6.07 Å². The quantitative estimate of drug-likeness (QED) is 0.652. The molecule has 0 aliphatic carbocycles. The molecule has 100 valence electrons. The lowest BCUT2D eigenvalue weighted by Gasteiger charge is -2.07. The van der Waals surface area contributed by atoms with E-state index in [0.717, 1.165) is 5.56 Å². The number of nitro groups is 1. The van der Waals surface area contributed by atoms with E-state index in [1.165, 1.54) is 12.1 Å². The molecule has 1 aromatic carbocycles. The van der Waals surface area contributed by atoms with Crippen molar-refractivity contribution in [3.63, 3.8) is 0 Å². The molecule has 1 aromatic heterocycles. The molecule has 6 heteroatoms. The van der Waals surface area contributed by atoms with Gasteiger partial charge in [0.1, 0.15) is 0 Å². The average Bonchev–Trinajstić information content (AvgIpc) is 2.92. The second kappa shape index (κ2) is 6.31. The van der Waals surface area contributed by atoms with E-state index in [0.29, 0.717) is 18.6 Å². The molecular formula is C13H13NO4S. The van der Waals surface area contributed by atoms with E-state index in [2.05, 4.69) is 0 Å². The van der Waals surface area contributed by atoms with Gasteiger partial charge >= 0.3 is 5.69 Å². The number of nitrogens with zero attached hydrogens (tertiary/aromatic N) is 1. The summed E-state index contributed by atoms with van der Waals surface area (Å²) in [6, 6.07) is 6.47. The molecule has 2 aromatic rings. The van der Waals surface area contributed by atoms with Gasteiger partial charge in [-0.05, 0) is 34.0 Å². The summed E-state index contributed by atoms with van der Waals surface area (Å²) in [5.74, 6) is 0.234. The summed E-state index contributed by atoms with van der Waals surface area (Å²) >= 11 is 1.61. The van der Waals surface area contributed by atoms with E-state index in [9.17, 15) is 10.1 Å². The van der Waals surface area contributed by atoms with Crippen molar-refractivity contribution in [2.24, 2.45) is 0 Å². The van der Waals surface area contributed by atoms with E-state index in [1.807, 2.05) is 16.8 Å². The fraction of sp³-hybridized carbons (Fsp3) is 0.231. The Morgan fingerprint density at radius 1 is 1.32 bits per heavy atom. The van der Waals surface area contributed by atoms with Crippen molar-refractivity contribution in [3.05, 3.63) is 56.3 Å². The lowest BCUT2D eigenvalue weighted by atomic mass is 10.2. The molecule has 0 saturated carbocycles. The van der Waals surface area contributed by atoms with Crippen molar-refractivity contribution < 1.29 is 14.8 Å². The number of hydrogen-bond acceptors (Lipinski definition) is 5. The van der Waals surface area contributed by atoms with Crippen LogP contribution in [0.4, 0.5) is 5.69 Å². The average molecular weight is 279 g/mol. The fourth-order valence-corrected chi connectivity index (χ4v) is 2.34. The van der Waals surface area contributed by atoms with E-state index in [4.69, 9.17) is 9.84 Å². The Labute approximate surface area is 114 Å². The third kappa shape index (κ3) is 3.52. The largest absolute Gasteiger partial charge is 0.486 e. The Morgan fingerprint density at radius 2 is 2.16 bits per heavy atom. The highest BCUT2D eigenvalue weighted by atomic mass is 32.1. The lowest BCUT2D eigenvalue weighted by Crippen LogP contribution is -2.03. The van der Waals surface area contributed by atoms with Crippen molar-refractivity contribution in [1.29, 1.82) is 0 Å². The van der Waals surface area contributed by atoms with E-state index in [-0.39, 0.29) is 18.0 Å². The highest BCUT2D eigenvalue weighted by Crippen LogP contribution is 2.28. The van der Waals surface area contributed by atoms with Gasteiger partial charge in [0.2, 0.25) is 0 Å². The van der Waals surface area contributed by atoms with Crippen LogP contribution in [0.25, 0.3) is 0 Å². The smallest absolute Gasteiger partial charge is 0.311 e. The number of aliphatic hydroxyl groups is 1. The Hall–Kier alpha value is -1.92. The third-order valence-corrected chi connectivity index (χ3v) is 3.36. The van der Waals surface area contributed by atoms with Crippen LogP contribution in [-0.2, 0) is 13.0 Å². The Balaban J connectivity index is 2.04. The Morgan fingerprint density at radius 3 is 2.79 bits per heavy atom. The molecule has 0 unspecified atom stereocenters. The molecule has 1 heterocycles. The molecule has 0 radical (unpaired) electrons. The van der Waals surface area contributed by atoms with Crippen LogP contribution in [-0.4, -0.2) is 16.6 Å². The molecule has 2 rings (SSSR count). The molecule has 19 heavy (non-hydrogen) atoms. The van der Waals surface area contributed by atoms with Crippen molar-refractivity contribution in [1.82, 2.24) is 0 Å². The van der Waals surface area contributed by atoms with Crippen molar-refractivity contribution >= 4 is 17.0 Å². The zero-order valence-corrected chi connectivity index (χ0v) is 10.9. The standard InChI is InChI=1S/C13H13NO4S/c15-8-11-1-2-13(12(7-11)14(16)17)18-5-3-10-4-6-19-9-10/h1-2,4,6-7,9,15H,3,5,8H2. The van der Waals surface area contributed by atoms with Crippen LogP contribution in [0.2, 0.25) is 0 Å². The van der Waals surface area contributed by atoms with Gasteiger partial charge < -0.3 is 9.84 Å². The van der Waals surface area contributed by atoms with Gasteiger partial charge in [-0.15, -0.1) is 0 Å². The van der Waals surface area contributed by atoms with Crippen LogP contribution in [0.3, 0.4) is 0 Å². The second-order valence-corrected chi connectivity index (χ2v) is 4.73. The van der Waals surface area contributed by atoms with Crippen LogP contribution in [0, 0.1) is 10.1 Å². The zero-order chi connectivity index (χ0) is 13.7. The minimum atomic E-state index is -0.501. The normalized spacial score (nSPS) is 10.4. The van der Waals surface area contributed by atoms with Gasteiger partial charge in [-0.25, -0.2) is 0 Å². The van der Waals surface area contributed by atoms with E-state index >= 15 is 0 Å². The van der Waals surface area contributed by atoms with Gasteiger partial charge in [-0.2, -0.15) is 11.3 Å². The third-order valence-electron chi connectivity index (χ3n) is 2.63. The summed E-state index contributed by atoms with van der Waals surface area (Å²) in [4.78, 5) is 10.4. The van der Waals surface area contributed by atoms with Gasteiger partial charge in [0, 0.05) is 12.5 Å². The summed E-state index contributed by atoms with van der Waals surface area (Å²) in [6.07, 6.45) is 0.711. The molecule has 0 spiro atoms. The molecule has 1 N–H and O–H groups in total. The molecule has 5 nitrogen and oxygen atoms in total. The second-order valence-electron chi connectivity index (χ2n) is 3.95. The SMILES string of the molecule is O=[N+]([O-])c1cc(CO)ccc1OCCc1ccsc1. The highest BCUT2D eigenvalue weighted by molar-refractivity contribution is 7.07. The number of thiophene rings is 1. The molecular weight excluding hydrogens is 266 g/mol. The summed E-state index contributed by atoms with van der Waals surface area (Å²) < 4.78 is 5.45. The van der Waals surface area contributed by atoms with Gasteiger partial charge in [0.05, 0.1) is 18.1 Å². The minimum absolute atomic E-state index is 0.114. The van der Waals surface area contributed by atoms with Crippen LogP contribution < -0.4 is 4.74 Å². The molecule has 0 fully saturated rings. The number of aliphatic hydroxyl groups excluding tert-OH is 1. The lowest BCUT2D eigenvalue weighted by molar-refractivity contribution is -0.386. The molecule has 0 atom stereocenters.